The lowest BCUT2D eigenvalue weighted by Crippen LogP contribution is -2.29. The number of piperidine rings is 1. The number of hydrogen-bond acceptors (Lipinski definition) is 1. The van der Waals surface area contributed by atoms with Crippen LogP contribution in [-0.4, -0.2) is 13.1 Å². The van der Waals surface area contributed by atoms with Gasteiger partial charge in [0.15, 0.2) is 0 Å². The van der Waals surface area contributed by atoms with Crippen LogP contribution in [-0.2, 0) is 0 Å². The minimum absolute atomic E-state index is 1.24. The molecular formula is C19H25N. The van der Waals surface area contributed by atoms with Crippen molar-refractivity contribution in [1.29, 1.82) is 0 Å². The molecule has 0 unspecified atom stereocenters. The number of rotatable bonds is 1. The maximum absolute atomic E-state index is 2.49. The molecule has 106 valence electrons. The molecule has 1 heteroatoms. The lowest BCUT2D eigenvalue weighted by Gasteiger charge is -2.28. The summed E-state index contributed by atoms with van der Waals surface area (Å²) in [5.74, 6) is 0. The summed E-state index contributed by atoms with van der Waals surface area (Å²) in [7, 11) is 0. The quantitative estimate of drug-likeness (QED) is 0.704. The average molecular weight is 267 g/mol. The minimum Gasteiger partial charge on any atom is -0.372 e. The molecule has 1 fully saturated rings. The van der Waals surface area contributed by atoms with Crippen molar-refractivity contribution in [2.45, 2.75) is 33.1 Å². The van der Waals surface area contributed by atoms with Gasteiger partial charge in [-0.2, -0.15) is 0 Å². The molecule has 1 aliphatic heterocycles. The summed E-state index contributed by atoms with van der Waals surface area (Å²) in [6, 6.07) is 19.1. The van der Waals surface area contributed by atoms with E-state index in [9.17, 15) is 0 Å². The van der Waals surface area contributed by atoms with Gasteiger partial charge in [0.05, 0.1) is 0 Å². The molecule has 0 bridgehead atoms. The number of nitrogens with zero attached hydrogens (tertiary/aromatic N) is 1. The third-order valence-corrected chi connectivity index (χ3v) is 3.70. The predicted molar refractivity (Wildman–Crippen MR) is 88.4 cm³/mol. The molecule has 0 N–H and O–H groups in total. The van der Waals surface area contributed by atoms with Gasteiger partial charge >= 0.3 is 0 Å². The van der Waals surface area contributed by atoms with Gasteiger partial charge in [0.1, 0.15) is 0 Å². The average Bonchev–Trinajstić information content (AvgIpc) is 2.50. The molecule has 0 radical (unpaired) electrons. The monoisotopic (exact) mass is 267 g/mol. The predicted octanol–water partition coefficient (Wildman–Crippen LogP) is 4.98. The van der Waals surface area contributed by atoms with Gasteiger partial charge < -0.3 is 4.90 Å². The van der Waals surface area contributed by atoms with Gasteiger partial charge in [0.2, 0.25) is 0 Å². The fourth-order valence-electron chi connectivity index (χ4n) is 2.44. The van der Waals surface area contributed by atoms with Crippen molar-refractivity contribution in [3.63, 3.8) is 0 Å². The van der Waals surface area contributed by atoms with E-state index in [4.69, 9.17) is 0 Å². The van der Waals surface area contributed by atoms with E-state index in [2.05, 4.69) is 55.1 Å². The van der Waals surface area contributed by atoms with E-state index in [-0.39, 0.29) is 0 Å². The second-order valence-corrected chi connectivity index (χ2v) is 5.54. The fourth-order valence-corrected chi connectivity index (χ4v) is 2.44. The molecule has 1 nitrogen and oxygen atoms in total. The number of benzene rings is 2. The summed E-state index contributed by atoms with van der Waals surface area (Å²) >= 11 is 0. The van der Waals surface area contributed by atoms with Crippen LogP contribution in [0.5, 0.6) is 0 Å². The van der Waals surface area contributed by atoms with Crippen molar-refractivity contribution in [3.05, 3.63) is 65.7 Å². The number of hydrogen-bond donors (Lipinski definition) is 0. The molecule has 2 aromatic carbocycles. The Bertz CT molecular complexity index is 481. The molecule has 0 aliphatic carbocycles. The molecule has 0 saturated carbocycles. The Morgan fingerprint density at radius 2 is 1.20 bits per heavy atom. The second kappa shape index (κ2) is 7.74. The zero-order chi connectivity index (χ0) is 14.2. The number of aryl methyl sites for hydroxylation is 2. The Morgan fingerprint density at radius 1 is 0.650 bits per heavy atom. The summed E-state index contributed by atoms with van der Waals surface area (Å²) < 4.78 is 0. The highest BCUT2D eigenvalue weighted by atomic mass is 15.1. The van der Waals surface area contributed by atoms with E-state index in [0.29, 0.717) is 0 Å². The van der Waals surface area contributed by atoms with Crippen LogP contribution < -0.4 is 4.90 Å². The van der Waals surface area contributed by atoms with E-state index in [1.165, 1.54) is 49.2 Å². The lowest BCUT2D eigenvalue weighted by atomic mass is 10.1. The summed E-state index contributed by atoms with van der Waals surface area (Å²) in [6.45, 7) is 6.70. The maximum atomic E-state index is 2.49. The van der Waals surface area contributed by atoms with Crippen molar-refractivity contribution in [1.82, 2.24) is 0 Å². The third kappa shape index (κ3) is 4.73. The van der Waals surface area contributed by atoms with Gasteiger partial charge in [-0.1, -0.05) is 53.6 Å². The minimum atomic E-state index is 1.24. The van der Waals surface area contributed by atoms with Crippen LogP contribution in [0.2, 0.25) is 0 Å². The molecule has 2 aromatic rings. The van der Waals surface area contributed by atoms with Crippen molar-refractivity contribution < 1.29 is 0 Å². The molecule has 0 spiro atoms. The first-order valence-electron chi connectivity index (χ1n) is 7.59. The van der Waals surface area contributed by atoms with Crippen molar-refractivity contribution in [2.24, 2.45) is 0 Å². The summed E-state index contributed by atoms with van der Waals surface area (Å²) in [5, 5.41) is 0. The SMILES string of the molecule is Cc1ccc(N2CCCCC2)cc1.Cc1ccccc1. The van der Waals surface area contributed by atoms with Gasteiger partial charge in [-0.25, -0.2) is 0 Å². The highest BCUT2D eigenvalue weighted by Gasteiger charge is 2.09. The van der Waals surface area contributed by atoms with Crippen molar-refractivity contribution in [3.8, 4) is 0 Å². The van der Waals surface area contributed by atoms with E-state index in [1.54, 1.807) is 0 Å². The van der Waals surface area contributed by atoms with Gasteiger partial charge in [-0.05, 0) is 45.2 Å². The maximum Gasteiger partial charge on any atom is 0.0366 e. The second-order valence-electron chi connectivity index (χ2n) is 5.54. The first kappa shape index (κ1) is 14.6. The van der Waals surface area contributed by atoms with Crippen LogP contribution in [0, 0.1) is 13.8 Å². The van der Waals surface area contributed by atoms with Gasteiger partial charge in [-0.15, -0.1) is 0 Å². The standard InChI is InChI=1S/C12H17N.C7H8/c1-11-5-7-12(8-6-11)13-9-3-2-4-10-13;1-7-5-3-2-4-6-7/h5-8H,2-4,9-10H2,1H3;2-6H,1H3. The van der Waals surface area contributed by atoms with Gasteiger partial charge in [0, 0.05) is 18.8 Å². The normalized spacial score (nSPS) is 14.4. The zero-order valence-corrected chi connectivity index (χ0v) is 12.7. The number of anilines is 1. The highest BCUT2D eigenvalue weighted by molar-refractivity contribution is 5.47. The largest absolute Gasteiger partial charge is 0.372 e. The van der Waals surface area contributed by atoms with Crippen LogP contribution in [0.25, 0.3) is 0 Å². The zero-order valence-electron chi connectivity index (χ0n) is 12.7. The van der Waals surface area contributed by atoms with Crippen LogP contribution >= 0.6 is 0 Å². The first-order chi connectivity index (χ1) is 9.75. The fraction of sp³-hybridized carbons (Fsp3) is 0.368. The molecule has 3 rings (SSSR count). The Morgan fingerprint density at radius 3 is 1.70 bits per heavy atom. The Labute approximate surface area is 123 Å². The molecule has 20 heavy (non-hydrogen) atoms. The van der Waals surface area contributed by atoms with Crippen LogP contribution in [0.15, 0.2) is 54.6 Å². The first-order valence-corrected chi connectivity index (χ1v) is 7.59. The summed E-state index contributed by atoms with van der Waals surface area (Å²) in [5.41, 5.74) is 4.06. The molecular weight excluding hydrogens is 242 g/mol. The molecule has 0 aromatic heterocycles. The Hall–Kier alpha value is -1.76. The van der Waals surface area contributed by atoms with Crippen LogP contribution in [0.4, 0.5) is 5.69 Å². The van der Waals surface area contributed by atoms with Crippen LogP contribution in [0.3, 0.4) is 0 Å². The molecule has 1 aliphatic rings. The van der Waals surface area contributed by atoms with E-state index < -0.39 is 0 Å². The summed E-state index contributed by atoms with van der Waals surface area (Å²) in [6.07, 6.45) is 4.12. The van der Waals surface area contributed by atoms with Crippen LogP contribution in [0.1, 0.15) is 30.4 Å². The van der Waals surface area contributed by atoms with Gasteiger partial charge in [-0.3, -0.25) is 0 Å². The Balaban J connectivity index is 0.000000178. The van der Waals surface area contributed by atoms with Crippen molar-refractivity contribution in [2.75, 3.05) is 18.0 Å². The van der Waals surface area contributed by atoms with E-state index >= 15 is 0 Å². The topological polar surface area (TPSA) is 3.24 Å². The molecule has 1 heterocycles. The van der Waals surface area contributed by atoms with E-state index in [1.807, 2.05) is 18.2 Å². The van der Waals surface area contributed by atoms with E-state index in [0.717, 1.165) is 0 Å². The lowest BCUT2D eigenvalue weighted by molar-refractivity contribution is 0.578. The van der Waals surface area contributed by atoms with Gasteiger partial charge in [0.25, 0.3) is 0 Å². The molecule has 0 atom stereocenters. The highest BCUT2D eigenvalue weighted by Crippen LogP contribution is 2.19. The third-order valence-electron chi connectivity index (χ3n) is 3.70. The molecule has 0 amide bonds. The molecule has 1 saturated heterocycles. The smallest absolute Gasteiger partial charge is 0.0366 e. The van der Waals surface area contributed by atoms with Crippen molar-refractivity contribution >= 4 is 5.69 Å². The Kier molecular flexibility index (Phi) is 5.67. The summed E-state index contributed by atoms with van der Waals surface area (Å²) in [4.78, 5) is 2.49.